The Morgan fingerprint density at radius 3 is 2.50 bits per heavy atom. The minimum Gasteiger partial charge on any atom is -0.484 e. The molecule has 1 saturated heterocycles. The van der Waals surface area contributed by atoms with Crippen LogP contribution in [0, 0.1) is 6.92 Å². The number of nitrogens with one attached hydrogen (secondary N) is 1. The first-order valence-corrected chi connectivity index (χ1v) is 8.59. The number of anilines is 1. The van der Waals surface area contributed by atoms with Crippen molar-refractivity contribution in [3.05, 3.63) is 59.7 Å². The normalized spacial score (nSPS) is 14.0. The van der Waals surface area contributed by atoms with E-state index in [-0.39, 0.29) is 18.4 Å². The number of hydrogen-bond acceptors (Lipinski definition) is 4. The van der Waals surface area contributed by atoms with E-state index in [1.54, 1.807) is 29.2 Å². The maximum absolute atomic E-state index is 12.7. The quantitative estimate of drug-likeness (QED) is 0.896. The summed E-state index contributed by atoms with van der Waals surface area (Å²) in [6.07, 6.45) is 0. The molecule has 136 valence electrons. The molecule has 1 heterocycles. The standard InChI is InChI=1S/C20H22N2O4/c1-15-6-8-16(9-7-15)26-14-19(23)21-18-5-3-2-4-17(18)20(24)22-10-12-25-13-11-22/h2-9H,10-14H2,1H3,(H,21,23). The second-order valence-electron chi connectivity index (χ2n) is 6.10. The van der Waals surface area contributed by atoms with E-state index < -0.39 is 0 Å². The molecule has 6 nitrogen and oxygen atoms in total. The zero-order chi connectivity index (χ0) is 18.4. The van der Waals surface area contributed by atoms with E-state index in [9.17, 15) is 9.59 Å². The highest BCUT2D eigenvalue weighted by Crippen LogP contribution is 2.18. The van der Waals surface area contributed by atoms with Gasteiger partial charge in [-0.1, -0.05) is 29.8 Å². The molecular weight excluding hydrogens is 332 g/mol. The number of hydrogen-bond donors (Lipinski definition) is 1. The summed E-state index contributed by atoms with van der Waals surface area (Å²) in [5.41, 5.74) is 2.08. The average molecular weight is 354 g/mol. The van der Waals surface area contributed by atoms with Crippen molar-refractivity contribution >= 4 is 17.5 Å². The molecule has 26 heavy (non-hydrogen) atoms. The summed E-state index contributed by atoms with van der Waals surface area (Å²) in [5.74, 6) is 0.208. The van der Waals surface area contributed by atoms with E-state index in [1.165, 1.54) is 0 Å². The van der Waals surface area contributed by atoms with E-state index in [1.807, 2.05) is 31.2 Å². The van der Waals surface area contributed by atoms with Crippen molar-refractivity contribution in [2.75, 3.05) is 38.2 Å². The number of benzene rings is 2. The third-order valence-corrected chi connectivity index (χ3v) is 4.12. The molecule has 0 bridgehead atoms. The lowest BCUT2D eigenvalue weighted by molar-refractivity contribution is -0.118. The fraction of sp³-hybridized carbons (Fsp3) is 0.300. The summed E-state index contributed by atoms with van der Waals surface area (Å²) < 4.78 is 10.8. The van der Waals surface area contributed by atoms with Crippen LogP contribution >= 0.6 is 0 Å². The average Bonchev–Trinajstić information content (AvgIpc) is 2.68. The molecule has 1 N–H and O–H groups in total. The van der Waals surface area contributed by atoms with Crippen LogP contribution in [0.4, 0.5) is 5.69 Å². The van der Waals surface area contributed by atoms with Gasteiger partial charge in [-0.2, -0.15) is 0 Å². The molecule has 0 saturated carbocycles. The Labute approximate surface area is 152 Å². The minimum atomic E-state index is -0.312. The number of carbonyl (C=O) groups excluding carboxylic acids is 2. The van der Waals surface area contributed by atoms with Crippen molar-refractivity contribution in [1.82, 2.24) is 4.90 Å². The number of amides is 2. The van der Waals surface area contributed by atoms with Crippen LogP contribution in [0.1, 0.15) is 15.9 Å². The fourth-order valence-corrected chi connectivity index (χ4v) is 2.69. The molecule has 1 aliphatic rings. The molecule has 0 atom stereocenters. The highest BCUT2D eigenvalue weighted by atomic mass is 16.5. The Hall–Kier alpha value is -2.86. The van der Waals surface area contributed by atoms with E-state index in [2.05, 4.69) is 5.32 Å². The lowest BCUT2D eigenvalue weighted by Crippen LogP contribution is -2.41. The molecule has 2 amide bonds. The molecule has 3 rings (SSSR count). The Bertz CT molecular complexity index is 768. The van der Waals surface area contributed by atoms with Crippen molar-refractivity contribution in [1.29, 1.82) is 0 Å². The van der Waals surface area contributed by atoms with Gasteiger partial charge >= 0.3 is 0 Å². The molecule has 6 heteroatoms. The first-order chi connectivity index (χ1) is 12.6. The lowest BCUT2D eigenvalue weighted by atomic mass is 10.1. The predicted octanol–water partition coefficient (Wildman–Crippen LogP) is 2.48. The summed E-state index contributed by atoms with van der Waals surface area (Å²) >= 11 is 0. The van der Waals surface area contributed by atoms with Gasteiger partial charge in [0.05, 0.1) is 24.5 Å². The van der Waals surface area contributed by atoms with Crippen LogP contribution in [0.3, 0.4) is 0 Å². The molecule has 0 unspecified atom stereocenters. The minimum absolute atomic E-state index is 0.108. The number of rotatable bonds is 5. The Kier molecular flexibility index (Phi) is 5.86. The largest absolute Gasteiger partial charge is 0.484 e. The van der Waals surface area contributed by atoms with Crippen LogP contribution in [-0.2, 0) is 9.53 Å². The molecule has 1 aliphatic heterocycles. The monoisotopic (exact) mass is 354 g/mol. The van der Waals surface area contributed by atoms with E-state index >= 15 is 0 Å². The van der Waals surface area contributed by atoms with Gasteiger partial charge in [0.15, 0.2) is 6.61 Å². The number of ether oxygens (including phenoxy) is 2. The summed E-state index contributed by atoms with van der Waals surface area (Å²) in [4.78, 5) is 26.7. The maximum atomic E-state index is 12.7. The van der Waals surface area contributed by atoms with Gasteiger partial charge in [0.25, 0.3) is 11.8 Å². The van der Waals surface area contributed by atoms with Gasteiger partial charge < -0.3 is 19.7 Å². The Morgan fingerprint density at radius 1 is 1.08 bits per heavy atom. The van der Waals surface area contributed by atoms with Crippen molar-refractivity contribution in [3.63, 3.8) is 0 Å². The van der Waals surface area contributed by atoms with Crippen molar-refractivity contribution in [3.8, 4) is 5.75 Å². The predicted molar refractivity (Wildman–Crippen MR) is 98.5 cm³/mol. The highest BCUT2D eigenvalue weighted by molar-refractivity contribution is 6.04. The smallest absolute Gasteiger partial charge is 0.262 e. The van der Waals surface area contributed by atoms with E-state index in [0.29, 0.717) is 43.3 Å². The van der Waals surface area contributed by atoms with Gasteiger partial charge in [0.2, 0.25) is 0 Å². The molecule has 0 aliphatic carbocycles. The number of carbonyl (C=O) groups is 2. The molecular formula is C20H22N2O4. The van der Waals surface area contributed by atoms with Crippen LogP contribution in [0.2, 0.25) is 0 Å². The lowest BCUT2D eigenvalue weighted by Gasteiger charge is -2.27. The number of para-hydroxylation sites is 1. The van der Waals surface area contributed by atoms with E-state index in [0.717, 1.165) is 5.56 Å². The Balaban J connectivity index is 1.62. The van der Waals surface area contributed by atoms with Crippen LogP contribution in [0.25, 0.3) is 0 Å². The third kappa shape index (κ3) is 4.61. The van der Waals surface area contributed by atoms with Gasteiger partial charge in [0.1, 0.15) is 5.75 Å². The van der Waals surface area contributed by atoms with Crippen LogP contribution in [-0.4, -0.2) is 49.6 Å². The second kappa shape index (κ2) is 8.49. The zero-order valence-corrected chi connectivity index (χ0v) is 14.7. The van der Waals surface area contributed by atoms with Gasteiger partial charge in [0, 0.05) is 13.1 Å². The van der Waals surface area contributed by atoms with Crippen molar-refractivity contribution in [2.45, 2.75) is 6.92 Å². The van der Waals surface area contributed by atoms with Gasteiger partial charge in [-0.15, -0.1) is 0 Å². The molecule has 0 radical (unpaired) electrons. The molecule has 2 aromatic rings. The summed E-state index contributed by atoms with van der Waals surface area (Å²) in [7, 11) is 0. The maximum Gasteiger partial charge on any atom is 0.262 e. The number of aryl methyl sites for hydroxylation is 1. The topological polar surface area (TPSA) is 67.9 Å². The molecule has 1 fully saturated rings. The number of morpholine rings is 1. The summed E-state index contributed by atoms with van der Waals surface area (Å²) in [6.45, 7) is 4.03. The molecule has 2 aromatic carbocycles. The summed E-state index contributed by atoms with van der Waals surface area (Å²) in [5, 5.41) is 2.77. The first kappa shape index (κ1) is 17.9. The first-order valence-electron chi connectivity index (χ1n) is 8.59. The zero-order valence-electron chi connectivity index (χ0n) is 14.7. The SMILES string of the molecule is Cc1ccc(OCC(=O)Nc2ccccc2C(=O)N2CCOCC2)cc1. The molecule has 0 spiro atoms. The van der Waals surface area contributed by atoms with Gasteiger partial charge in [-0.05, 0) is 31.2 Å². The number of nitrogens with zero attached hydrogens (tertiary/aromatic N) is 1. The van der Waals surface area contributed by atoms with Crippen molar-refractivity contribution in [2.24, 2.45) is 0 Å². The fourth-order valence-electron chi connectivity index (χ4n) is 2.69. The van der Waals surface area contributed by atoms with Crippen LogP contribution in [0.5, 0.6) is 5.75 Å². The Morgan fingerprint density at radius 2 is 1.77 bits per heavy atom. The molecule has 0 aromatic heterocycles. The highest BCUT2D eigenvalue weighted by Gasteiger charge is 2.21. The van der Waals surface area contributed by atoms with Crippen LogP contribution in [0.15, 0.2) is 48.5 Å². The van der Waals surface area contributed by atoms with Gasteiger partial charge in [-0.3, -0.25) is 9.59 Å². The van der Waals surface area contributed by atoms with Gasteiger partial charge in [-0.25, -0.2) is 0 Å². The summed E-state index contributed by atoms with van der Waals surface area (Å²) in [6, 6.07) is 14.5. The second-order valence-corrected chi connectivity index (χ2v) is 6.10. The van der Waals surface area contributed by atoms with Crippen LogP contribution < -0.4 is 10.1 Å². The third-order valence-electron chi connectivity index (χ3n) is 4.12. The van der Waals surface area contributed by atoms with Crippen molar-refractivity contribution < 1.29 is 19.1 Å². The van der Waals surface area contributed by atoms with E-state index in [4.69, 9.17) is 9.47 Å².